The van der Waals surface area contributed by atoms with E-state index in [1.54, 1.807) is 0 Å². The molecule has 2 aromatic carbocycles. The van der Waals surface area contributed by atoms with Gasteiger partial charge in [-0.05, 0) is 55.0 Å². The normalized spacial score (nSPS) is 18.8. The predicted molar refractivity (Wildman–Crippen MR) is 102 cm³/mol. The molecular weight excluding hydrogens is 312 g/mol. The number of rotatable bonds is 7. The maximum absolute atomic E-state index is 12.0. The average molecular weight is 340 g/mol. The SMILES string of the molecule is C[C@@H](Cc1ccc2ccccc2c1)NC(=O)COC[C@@H]1CCCNC1. The van der Waals surface area contributed by atoms with Crippen LogP contribution in [0.5, 0.6) is 0 Å². The van der Waals surface area contributed by atoms with Crippen LogP contribution in [0, 0.1) is 5.92 Å². The van der Waals surface area contributed by atoms with Crippen molar-refractivity contribution in [2.75, 3.05) is 26.3 Å². The third-order valence-electron chi connectivity index (χ3n) is 4.75. The van der Waals surface area contributed by atoms with Gasteiger partial charge in [0.1, 0.15) is 6.61 Å². The molecule has 134 valence electrons. The Morgan fingerprint density at radius 3 is 2.92 bits per heavy atom. The molecule has 1 heterocycles. The second-order valence-electron chi connectivity index (χ2n) is 7.08. The summed E-state index contributed by atoms with van der Waals surface area (Å²) in [7, 11) is 0. The van der Waals surface area contributed by atoms with Crippen LogP contribution < -0.4 is 10.6 Å². The quantitative estimate of drug-likeness (QED) is 0.815. The summed E-state index contributed by atoms with van der Waals surface area (Å²) in [4.78, 5) is 12.0. The van der Waals surface area contributed by atoms with Crippen LogP contribution in [0.3, 0.4) is 0 Å². The number of nitrogens with one attached hydrogen (secondary N) is 2. The Balaban J connectivity index is 1.41. The molecule has 1 fully saturated rings. The summed E-state index contributed by atoms with van der Waals surface area (Å²) >= 11 is 0. The van der Waals surface area contributed by atoms with Crippen molar-refractivity contribution in [1.29, 1.82) is 0 Å². The minimum Gasteiger partial charge on any atom is -0.371 e. The van der Waals surface area contributed by atoms with Gasteiger partial charge in [-0.2, -0.15) is 0 Å². The molecule has 1 amide bonds. The van der Waals surface area contributed by atoms with Crippen molar-refractivity contribution in [3.8, 4) is 0 Å². The molecule has 0 bridgehead atoms. The van der Waals surface area contributed by atoms with Crippen LogP contribution in [0.4, 0.5) is 0 Å². The van der Waals surface area contributed by atoms with Crippen molar-refractivity contribution in [1.82, 2.24) is 10.6 Å². The van der Waals surface area contributed by atoms with Crippen LogP contribution in [0.2, 0.25) is 0 Å². The van der Waals surface area contributed by atoms with E-state index in [1.807, 2.05) is 13.0 Å². The van der Waals surface area contributed by atoms with Crippen molar-refractivity contribution in [2.24, 2.45) is 5.92 Å². The molecule has 1 aliphatic heterocycles. The van der Waals surface area contributed by atoms with E-state index in [0.29, 0.717) is 12.5 Å². The third-order valence-corrected chi connectivity index (χ3v) is 4.75. The number of carbonyl (C=O) groups excluding carboxylic acids is 1. The second kappa shape index (κ2) is 8.97. The number of carbonyl (C=O) groups is 1. The molecule has 0 unspecified atom stereocenters. The summed E-state index contributed by atoms with van der Waals surface area (Å²) in [5.41, 5.74) is 1.24. The molecule has 0 spiro atoms. The number of hydrogen-bond acceptors (Lipinski definition) is 3. The fraction of sp³-hybridized carbons (Fsp3) is 0.476. The lowest BCUT2D eigenvalue weighted by atomic mass is 10.0. The molecule has 0 radical (unpaired) electrons. The summed E-state index contributed by atoms with van der Waals surface area (Å²) in [6.45, 7) is 4.96. The molecule has 0 aromatic heterocycles. The van der Waals surface area contributed by atoms with Gasteiger partial charge in [-0.15, -0.1) is 0 Å². The summed E-state index contributed by atoms with van der Waals surface area (Å²) in [5.74, 6) is 0.508. The number of hydrogen-bond donors (Lipinski definition) is 2. The first-order valence-corrected chi connectivity index (χ1v) is 9.26. The maximum Gasteiger partial charge on any atom is 0.246 e. The fourth-order valence-electron chi connectivity index (χ4n) is 3.47. The van der Waals surface area contributed by atoms with Gasteiger partial charge >= 0.3 is 0 Å². The van der Waals surface area contributed by atoms with Gasteiger partial charge in [0.25, 0.3) is 0 Å². The highest BCUT2D eigenvalue weighted by Crippen LogP contribution is 2.16. The first kappa shape index (κ1) is 17.9. The monoisotopic (exact) mass is 340 g/mol. The highest BCUT2D eigenvalue weighted by atomic mass is 16.5. The van der Waals surface area contributed by atoms with Gasteiger partial charge in [-0.25, -0.2) is 0 Å². The van der Waals surface area contributed by atoms with E-state index in [-0.39, 0.29) is 18.6 Å². The number of benzene rings is 2. The van der Waals surface area contributed by atoms with E-state index in [1.165, 1.54) is 29.2 Å². The highest BCUT2D eigenvalue weighted by Gasteiger charge is 2.14. The largest absolute Gasteiger partial charge is 0.371 e. The minimum atomic E-state index is -0.0305. The molecule has 2 aromatic rings. The van der Waals surface area contributed by atoms with Crippen LogP contribution in [-0.4, -0.2) is 38.3 Å². The molecule has 3 rings (SSSR count). The van der Waals surface area contributed by atoms with Crippen LogP contribution in [-0.2, 0) is 16.0 Å². The Hall–Kier alpha value is -1.91. The minimum absolute atomic E-state index is 0.0305. The van der Waals surface area contributed by atoms with E-state index >= 15 is 0 Å². The molecular formula is C21H28N2O2. The molecule has 2 atom stereocenters. The van der Waals surface area contributed by atoms with Gasteiger partial charge in [0, 0.05) is 12.6 Å². The topological polar surface area (TPSA) is 50.4 Å². The van der Waals surface area contributed by atoms with Gasteiger partial charge in [-0.1, -0.05) is 42.5 Å². The molecule has 0 aliphatic carbocycles. The van der Waals surface area contributed by atoms with Gasteiger partial charge < -0.3 is 15.4 Å². The molecule has 1 saturated heterocycles. The standard InChI is InChI=1S/C21H28N2O2/c1-16(11-17-8-9-19-6-2-3-7-20(19)12-17)23-21(24)15-25-14-18-5-4-10-22-13-18/h2-3,6-9,12,16,18,22H,4-5,10-11,13-15H2,1H3,(H,23,24)/t16-,18+/m0/s1. The zero-order valence-electron chi connectivity index (χ0n) is 15.0. The van der Waals surface area contributed by atoms with Crippen LogP contribution in [0.1, 0.15) is 25.3 Å². The van der Waals surface area contributed by atoms with E-state index in [0.717, 1.165) is 19.5 Å². The number of fused-ring (bicyclic) bond motifs is 1. The summed E-state index contributed by atoms with van der Waals surface area (Å²) in [6, 6.07) is 14.9. The van der Waals surface area contributed by atoms with Crippen molar-refractivity contribution in [3.05, 3.63) is 48.0 Å². The number of amides is 1. The lowest BCUT2D eigenvalue weighted by molar-refractivity contribution is -0.126. The van der Waals surface area contributed by atoms with Crippen LogP contribution in [0.25, 0.3) is 10.8 Å². The average Bonchev–Trinajstić information content (AvgIpc) is 2.62. The molecule has 4 nitrogen and oxygen atoms in total. The summed E-state index contributed by atoms with van der Waals surface area (Å²) in [5, 5.41) is 8.88. The molecule has 25 heavy (non-hydrogen) atoms. The molecule has 1 aliphatic rings. The molecule has 0 saturated carbocycles. The van der Waals surface area contributed by atoms with Crippen molar-refractivity contribution in [2.45, 2.75) is 32.2 Å². The highest BCUT2D eigenvalue weighted by molar-refractivity contribution is 5.83. The lowest BCUT2D eigenvalue weighted by Crippen LogP contribution is -2.38. The van der Waals surface area contributed by atoms with Gasteiger partial charge in [0.2, 0.25) is 5.91 Å². The van der Waals surface area contributed by atoms with E-state index < -0.39 is 0 Å². The Morgan fingerprint density at radius 2 is 2.12 bits per heavy atom. The van der Waals surface area contributed by atoms with Gasteiger partial charge in [-0.3, -0.25) is 4.79 Å². The van der Waals surface area contributed by atoms with E-state index in [4.69, 9.17) is 4.74 Å². The van der Waals surface area contributed by atoms with Crippen molar-refractivity contribution >= 4 is 16.7 Å². The first-order valence-electron chi connectivity index (χ1n) is 9.26. The van der Waals surface area contributed by atoms with Crippen molar-refractivity contribution in [3.63, 3.8) is 0 Å². The predicted octanol–water partition coefficient (Wildman–Crippen LogP) is 2.90. The van der Waals surface area contributed by atoms with E-state index in [9.17, 15) is 4.79 Å². The molecule has 4 heteroatoms. The van der Waals surface area contributed by atoms with Gasteiger partial charge in [0.15, 0.2) is 0 Å². The first-order chi connectivity index (χ1) is 12.2. The van der Waals surface area contributed by atoms with Crippen LogP contribution in [0.15, 0.2) is 42.5 Å². The zero-order chi connectivity index (χ0) is 17.5. The summed E-state index contributed by atoms with van der Waals surface area (Å²) < 4.78 is 5.59. The maximum atomic E-state index is 12.0. The Bertz CT molecular complexity index is 695. The lowest BCUT2D eigenvalue weighted by Gasteiger charge is -2.22. The zero-order valence-corrected chi connectivity index (χ0v) is 15.0. The Kier molecular flexibility index (Phi) is 6.42. The van der Waals surface area contributed by atoms with Crippen LogP contribution >= 0.6 is 0 Å². The molecule has 2 N–H and O–H groups in total. The Morgan fingerprint density at radius 1 is 1.28 bits per heavy atom. The number of ether oxygens (including phenoxy) is 1. The smallest absolute Gasteiger partial charge is 0.246 e. The Labute approximate surface area is 149 Å². The summed E-state index contributed by atoms with van der Waals surface area (Å²) in [6.07, 6.45) is 3.21. The second-order valence-corrected chi connectivity index (χ2v) is 7.08. The van der Waals surface area contributed by atoms with Crippen molar-refractivity contribution < 1.29 is 9.53 Å². The number of piperidine rings is 1. The van der Waals surface area contributed by atoms with Gasteiger partial charge in [0.05, 0.1) is 6.61 Å². The fourth-order valence-corrected chi connectivity index (χ4v) is 3.47. The van der Waals surface area contributed by atoms with E-state index in [2.05, 4.69) is 47.0 Å². The third kappa shape index (κ3) is 5.55.